The summed E-state index contributed by atoms with van der Waals surface area (Å²) < 4.78 is 9.92. The van der Waals surface area contributed by atoms with Crippen LogP contribution in [0.2, 0.25) is 0 Å². The monoisotopic (exact) mass is 356 g/mol. The van der Waals surface area contributed by atoms with E-state index in [2.05, 4.69) is 10.2 Å². The molecule has 0 aliphatic heterocycles. The summed E-state index contributed by atoms with van der Waals surface area (Å²) in [5, 5.41) is 6.38. The Bertz CT molecular complexity index is 716. The number of nitrogens with zero attached hydrogens (tertiary/aromatic N) is 4. The molecule has 0 spiro atoms. The average molecular weight is 356 g/mol. The topological polar surface area (TPSA) is 83.8 Å². The summed E-state index contributed by atoms with van der Waals surface area (Å²) in [6.45, 7) is 0. The first-order valence-corrected chi connectivity index (χ1v) is 7.75. The van der Waals surface area contributed by atoms with Gasteiger partial charge in [0.2, 0.25) is 0 Å². The molecule has 8 heteroatoms. The van der Waals surface area contributed by atoms with Crippen LogP contribution in [0.3, 0.4) is 0 Å². The molecule has 8 nitrogen and oxygen atoms in total. The van der Waals surface area contributed by atoms with Crippen molar-refractivity contribution in [2.45, 2.75) is 0 Å². The summed E-state index contributed by atoms with van der Waals surface area (Å²) in [6.07, 6.45) is -2.02. The van der Waals surface area contributed by atoms with E-state index < -0.39 is 12.2 Å². The van der Waals surface area contributed by atoms with Gasteiger partial charge in [0.15, 0.2) is 0 Å². The third-order valence-corrected chi connectivity index (χ3v) is 3.33. The van der Waals surface area contributed by atoms with Gasteiger partial charge in [-0.05, 0) is 48.5 Å². The molecule has 2 rings (SSSR count). The van der Waals surface area contributed by atoms with Gasteiger partial charge in [0.25, 0.3) is 0 Å². The second-order valence-electron chi connectivity index (χ2n) is 5.71. The molecule has 0 atom stereocenters. The van der Waals surface area contributed by atoms with Crippen molar-refractivity contribution in [1.82, 2.24) is 0 Å². The molecular formula is C18H20N4O4. The highest BCUT2D eigenvalue weighted by Gasteiger charge is 2.07. The quantitative estimate of drug-likeness (QED) is 0.771. The van der Waals surface area contributed by atoms with E-state index in [1.165, 1.54) is 0 Å². The first-order chi connectivity index (χ1) is 12.3. The molecular weight excluding hydrogens is 336 g/mol. The zero-order valence-corrected chi connectivity index (χ0v) is 15.0. The number of anilines is 2. The van der Waals surface area contributed by atoms with Gasteiger partial charge in [-0.1, -0.05) is 10.2 Å². The molecule has 0 aliphatic rings. The van der Waals surface area contributed by atoms with Crippen LogP contribution >= 0.6 is 0 Å². The number of hydrogen-bond donors (Lipinski definition) is 0. The molecule has 2 amide bonds. The summed E-state index contributed by atoms with van der Waals surface area (Å²) >= 11 is 0. The van der Waals surface area contributed by atoms with Crippen LogP contribution in [0, 0.1) is 0 Å². The Kier molecular flexibility index (Phi) is 6.26. The molecule has 0 fully saturated rings. The summed E-state index contributed by atoms with van der Waals surface area (Å²) in [5.74, 6) is 0.597. The van der Waals surface area contributed by atoms with Crippen LogP contribution in [0.15, 0.2) is 58.8 Å². The molecule has 26 heavy (non-hydrogen) atoms. The number of carbonyl (C=O) groups is 2. The predicted molar refractivity (Wildman–Crippen MR) is 98.4 cm³/mol. The molecule has 0 bridgehead atoms. The number of rotatable bonds is 4. The lowest BCUT2D eigenvalue weighted by molar-refractivity contribution is 0.200. The third kappa shape index (κ3) is 5.59. The molecule has 2 aromatic rings. The number of hydrogen-bond acceptors (Lipinski definition) is 6. The molecule has 0 heterocycles. The lowest BCUT2D eigenvalue weighted by Gasteiger charge is -2.12. The molecule has 0 N–H and O–H groups in total. The van der Waals surface area contributed by atoms with E-state index in [0.717, 1.165) is 11.4 Å². The highest BCUT2D eigenvalue weighted by Crippen LogP contribution is 2.19. The lowest BCUT2D eigenvalue weighted by Crippen LogP contribution is -2.09. The Hall–Kier alpha value is -3.42. The molecule has 0 aliphatic carbocycles. The standard InChI is InChI=1S/C18H20N4O4/c1-21(2)13-5-9-15(10-6-13)25-17(23)19-20-18(24)26-16-11-7-14(8-12-16)22(3)4/h5-12H,1-4H3. The van der Waals surface area contributed by atoms with Gasteiger partial charge in [0, 0.05) is 39.6 Å². The Balaban J connectivity index is 1.87. The summed E-state index contributed by atoms with van der Waals surface area (Å²) in [4.78, 5) is 27.0. The summed E-state index contributed by atoms with van der Waals surface area (Å²) in [5.41, 5.74) is 1.91. The zero-order valence-electron chi connectivity index (χ0n) is 15.0. The normalized spacial score (nSPS) is 10.5. The van der Waals surface area contributed by atoms with E-state index in [-0.39, 0.29) is 0 Å². The van der Waals surface area contributed by atoms with Crippen LogP contribution in [-0.4, -0.2) is 40.4 Å². The zero-order chi connectivity index (χ0) is 19.1. The van der Waals surface area contributed by atoms with E-state index >= 15 is 0 Å². The van der Waals surface area contributed by atoms with Crippen LogP contribution in [0.4, 0.5) is 21.0 Å². The SMILES string of the molecule is CN(C)c1ccc(OC(=O)N=NC(=O)Oc2ccc(N(C)C)cc2)cc1. The molecule has 0 saturated carbocycles. The fourth-order valence-electron chi connectivity index (χ4n) is 1.95. The largest absolute Gasteiger partial charge is 0.458 e. The molecule has 0 radical (unpaired) electrons. The number of carbonyl (C=O) groups excluding carboxylic acids is 2. The molecule has 0 unspecified atom stereocenters. The van der Waals surface area contributed by atoms with Crippen LogP contribution in [-0.2, 0) is 0 Å². The van der Waals surface area contributed by atoms with E-state index in [0.29, 0.717) is 11.5 Å². The lowest BCUT2D eigenvalue weighted by atomic mass is 10.3. The average Bonchev–Trinajstić information content (AvgIpc) is 2.61. The minimum absolute atomic E-state index is 0.298. The highest BCUT2D eigenvalue weighted by atomic mass is 16.6. The van der Waals surface area contributed by atoms with Crippen molar-refractivity contribution in [3.63, 3.8) is 0 Å². The Morgan fingerprint density at radius 3 is 1.23 bits per heavy atom. The molecule has 0 saturated heterocycles. The number of azo groups is 1. The maximum atomic E-state index is 11.6. The van der Waals surface area contributed by atoms with E-state index in [1.54, 1.807) is 48.5 Å². The second-order valence-corrected chi connectivity index (χ2v) is 5.71. The van der Waals surface area contributed by atoms with Crippen LogP contribution in [0.1, 0.15) is 0 Å². The maximum absolute atomic E-state index is 11.6. The van der Waals surface area contributed by atoms with Gasteiger partial charge in [-0.25, -0.2) is 9.59 Å². The minimum atomic E-state index is -1.01. The first-order valence-electron chi connectivity index (χ1n) is 7.75. The molecule has 136 valence electrons. The second kappa shape index (κ2) is 8.61. The smallest absolute Gasteiger partial charge is 0.408 e. The summed E-state index contributed by atoms with van der Waals surface area (Å²) in [6, 6.07) is 13.6. The Morgan fingerprint density at radius 2 is 0.962 bits per heavy atom. The number of benzene rings is 2. The molecule has 0 aromatic heterocycles. The molecule has 2 aromatic carbocycles. The van der Waals surface area contributed by atoms with Crippen molar-refractivity contribution in [3.8, 4) is 11.5 Å². The Morgan fingerprint density at radius 1 is 0.654 bits per heavy atom. The van der Waals surface area contributed by atoms with Gasteiger partial charge in [0.1, 0.15) is 11.5 Å². The van der Waals surface area contributed by atoms with Gasteiger partial charge in [-0.3, -0.25) is 0 Å². The number of ether oxygens (including phenoxy) is 2. The van der Waals surface area contributed by atoms with Crippen LogP contribution in [0.5, 0.6) is 11.5 Å². The van der Waals surface area contributed by atoms with Crippen molar-refractivity contribution in [1.29, 1.82) is 0 Å². The first kappa shape index (κ1) is 18.9. The van der Waals surface area contributed by atoms with E-state index in [4.69, 9.17) is 9.47 Å². The fourth-order valence-corrected chi connectivity index (χ4v) is 1.95. The van der Waals surface area contributed by atoms with Gasteiger partial charge in [-0.2, -0.15) is 0 Å². The Labute approximate surface area is 151 Å². The summed E-state index contributed by atoms with van der Waals surface area (Å²) in [7, 11) is 7.59. The van der Waals surface area contributed by atoms with E-state index in [1.807, 2.05) is 38.0 Å². The van der Waals surface area contributed by atoms with Crippen LogP contribution < -0.4 is 19.3 Å². The van der Waals surface area contributed by atoms with Gasteiger partial charge in [0.05, 0.1) is 0 Å². The predicted octanol–water partition coefficient (Wildman–Crippen LogP) is 3.97. The van der Waals surface area contributed by atoms with Gasteiger partial charge >= 0.3 is 12.2 Å². The fraction of sp³-hybridized carbons (Fsp3) is 0.222. The maximum Gasteiger partial charge on any atom is 0.458 e. The van der Waals surface area contributed by atoms with Crippen molar-refractivity contribution >= 4 is 23.6 Å². The van der Waals surface area contributed by atoms with E-state index in [9.17, 15) is 9.59 Å². The van der Waals surface area contributed by atoms with Crippen molar-refractivity contribution in [3.05, 3.63) is 48.5 Å². The minimum Gasteiger partial charge on any atom is -0.408 e. The van der Waals surface area contributed by atoms with Gasteiger partial charge < -0.3 is 19.3 Å². The van der Waals surface area contributed by atoms with Crippen molar-refractivity contribution < 1.29 is 19.1 Å². The van der Waals surface area contributed by atoms with Crippen molar-refractivity contribution in [2.24, 2.45) is 10.2 Å². The van der Waals surface area contributed by atoms with Crippen LogP contribution in [0.25, 0.3) is 0 Å². The highest BCUT2D eigenvalue weighted by molar-refractivity contribution is 5.76. The van der Waals surface area contributed by atoms with Crippen molar-refractivity contribution in [2.75, 3.05) is 38.0 Å². The third-order valence-electron chi connectivity index (χ3n) is 3.33. The number of amides is 2. The van der Waals surface area contributed by atoms with Gasteiger partial charge in [-0.15, -0.1) is 0 Å².